The fourth-order valence-corrected chi connectivity index (χ4v) is 4.37. The highest BCUT2D eigenvalue weighted by atomic mass is 35.5. The smallest absolute Gasteiger partial charge is 0.256 e. The third kappa shape index (κ3) is 7.58. The lowest BCUT2D eigenvalue weighted by atomic mass is 10.0. The van der Waals surface area contributed by atoms with Gasteiger partial charge >= 0.3 is 0 Å². The summed E-state index contributed by atoms with van der Waals surface area (Å²) < 4.78 is 19.2. The van der Waals surface area contributed by atoms with Crippen LogP contribution >= 0.6 is 11.6 Å². The van der Waals surface area contributed by atoms with Gasteiger partial charge in [-0.1, -0.05) is 24.9 Å². The summed E-state index contributed by atoms with van der Waals surface area (Å²) in [6.45, 7) is 1.91. The minimum atomic E-state index is -0.465. The zero-order chi connectivity index (χ0) is 30.1. The fourth-order valence-electron chi connectivity index (χ4n) is 4.17. The van der Waals surface area contributed by atoms with Gasteiger partial charge < -0.3 is 31.8 Å². The number of hydrogen-bond acceptors (Lipinski definition) is 9. The number of halogens is 2. The van der Waals surface area contributed by atoms with Crippen molar-refractivity contribution in [2.75, 3.05) is 20.7 Å². The third-order valence-corrected chi connectivity index (χ3v) is 6.27. The van der Waals surface area contributed by atoms with Gasteiger partial charge in [-0.2, -0.15) is 4.99 Å². The van der Waals surface area contributed by atoms with Gasteiger partial charge in [-0.25, -0.2) is 14.4 Å². The van der Waals surface area contributed by atoms with Crippen molar-refractivity contribution < 1.29 is 18.7 Å². The molecule has 4 rings (SSSR count). The van der Waals surface area contributed by atoms with Gasteiger partial charge in [0, 0.05) is 17.8 Å². The highest BCUT2D eigenvalue weighted by molar-refractivity contribution is 6.33. The van der Waals surface area contributed by atoms with E-state index in [0.29, 0.717) is 34.6 Å². The summed E-state index contributed by atoms with van der Waals surface area (Å²) in [5.41, 5.74) is 12.2. The molecular weight excluding hydrogens is 553 g/mol. The Morgan fingerprint density at radius 3 is 2.73 bits per heavy atom. The molecule has 0 bridgehead atoms. The zero-order valence-electron chi connectivity index (χ0n) is 22.8. The molecule has 0 saturated carbocycles. The van der Waals surface area contributed by atoms with Gasteiger partial charge in [0.15, 0.2) is 0 Å². The number of hydrogen-bond donors (Lipinski definition) is 4. The average Bonchev–Trinajstić information content (AvgIpc) is 3.28. The van der Waals surface area contributed by atoms with Crippen LogP contribution in [-0.2, 0) is 11.3 Å². The van der Waals surface area contributed by atoms with E-state index in [1.807, 2.05) is 6.92 Å². The summed E-state index contributed by atoms with van der Waals surface area (Å²) in [6.07, 6.45) is 5.04. The van der Waals surface area contributed by atoms with Gasteiger partial charge in [-0.3, -0.25) is 14.6 Å². The van der Waals surface area contributed by atoms with Crippen LogP contribution in [-0.4, -0.2) is 64.4 Å². The van der Waals surface area contributed by atoms with Crippen LogP contribution in [0.4, 0.5) is 10.3 Å². The Balaban J connectivity index is 0.00000226. The van der Waals surface area contributed by atoms with Gasteiger partial charge in [-0.15, -0.1) is 0 Å². The van der Waals surface area contributed by atoms with E-state index in [2.05, 4.69) is 31.0 Å². The summed E-state index contributed by atoms with van der Waals surface area (Å²) in [5.74, 6) is -0.954. The van der Waals surface area contributed by atoms with E-state index < -0.39 is 11.9 Å². The van der Waals surface area contributed by atoms with Crippen molar-refractivity contribution in [3.63, 3.8) is 0 Å². The van der Waals surface area contributed by atoms with E-state index in [1.54, 1.807) is 12.1 Å². The first-order chi connectivity index (χ1) is 19.7. The number of nitrogens with zero attached hydrogens (tertiary/aromatic N) is 5. The number of aliphatic imine (C=N–C) groups is 1. The first-order valence-electron chi connectivity index (χ1n) is 12.6. The largest absolute Gasteiger partial charge is 0.497 e. The second-order valence-corrected chi connectivity index (χ2v) is 9.17. The molecule has 0 aliphatic carbocycles. The minimum Gasteiger partial charge on any atom is -0.497 e. The van der Waals surface area contributed by atoms with Crippen molar-refractivity contribution in [1.82, 2.24) is 25.2 Å². The molecule has 3 heterocycles. The number of nitrogens with one attached hydrogen (secondary N) is 2. The molecule has 41 heavy (non-hydrogen) atoms. The predicted molar refractivity (Wildman–Crippen MR) is 154 cm³/mol. The molecule has 0 saturated heterocycles. The molecule has 3 aromatic rings. The van der Waals surface area contributed by atoms with Gasteiger partial charge in [0.05, 0.1) is 54.1 Å². The summed E-state index contributed by atoms with van der Waals surface area (Å²) in [7, 11) is 2.95. The summed E-state index contributed by atoms with van der Waals surface area (Å²) in [6, 6.07) is 5.46. The van der Waals surface area contributed by atoms with Crippen molar-refractivity contribution in [3.05, 3.63) is 64.3 Å². The van der Waals surface area contributed by atoms with Crippen LogP contribution in [0, 0.1) is 11.2 Å². The highest BCUT2D eigenvalue weighted by Crippen LogP contribution is 2.31. The molecule has 0 spiro atoms. The van der Waals surface area contributed by atoms with Crippen molar-refractivity contribution in [3.8, 4) is 17.0 Å². The van der Waals surface area contributed by atoms with E-state index in [0.717, 1.165) is 12.6 Å². The lowest BCUT2D eigenvalue weighted by Crippen LogP contribution is -2.39. The summed E-state index contributed by atoms with van der Waals surface area (Å²) in [5, 5.41) is 10.3. The molecule has 6 N–H and O–H groups in total. The van der Waals surface area contributed by atoms with E-state index in [4.69, 9.17) is 27.5 Å². The Bertz CT molecular complexity index is 1470. The highest BCUT2D eigenvalue weighted by Gasteiger charge is 2.31. The monoisotopic (exact) mass is 583 g/mol. The molecule has 1 atom stereocenters. The molecular formula is C27H31ClFN9O3. The molecule has 12 nitrogen and oxygen atoms in total. The quantitative estimate of drug-likeness (QED) is 0.207. The van der Waals surface area contributed by atoms with Gasteiger partial charge in [0.25, 0.3) is 11.9 Å². The number of carbonyl (C=O) groups is 2. The molecule has 1 aliphatic rings. The summed E-state index contributed by atoms with van der Waals surface area (Å²) in [4.78, 5) is 44.1. The van der Waals surface area contributed by atoms with E-state index >= 15 is 0 Å². The number of benzene rings is 1. The number of amides is 2. The van der Waals surface area contributed by atoms with E-state index in [-0.39, 0.29) is 47.4 Å². The Hall–Kier alpha value is -4.49. The van der Waals surface area contributed by atoms with Crippen LogP contribution in [0.1, 0.15) is 47.4 Å². The Kier molecular flexibility index (Phi) is 10.8. The van der Waals surface area contributed by atoms with Gasteiger partial charge in [0.2, 0.25) is 5.91 Å². The SMILES string of the molecule is CCCC(NC(=O)CN1Cc2ncc(-c3nc(/N=C(/N)C=N)ncc3Cl)cc2C1=O)c1cc(F)cc(OC)c1.CN. The number of ether oxygens (including phenoxy) is 1. The molecule has 2 amide bonds. The topological polar surface area (TPSA) is 186 Å². The van der Waals surface area contributed by atoms with Crippen LogP contribution in [0.3, 0.4) is 0 Å². The maximum atomic E-state index is 14.1. The molecule has 14 heteroatoms. The molecule has 1 aromatic carbocycles. The number of nitrogens with two attached hydrogens (primary N) is 2. The zero-order valence-corrected chi connectivity index (χ0v) is 23.6. The maximum Gasteiger partial charge on any atom is 0.256 e. The van der Waals surface area contributed by atoms with Gasteiger partial charge in [0.1, 0.15) is 23.9 Å². The van der Waals surface area contributed by atoms with Crippen molar-refractivity contribution in [1.29, 1.82) is 5.41 Å². The Morgan fingerprint density at radius 2 is 2.05 bits per heavy atom. The van der Waals surface area contributed by atoms with Crippen LogP contribution in [0.25, 0.3) is 11.3 Å². The number of rotatable bonds is 10. The minimum absolute atomic E-state index is 0.00178. The van der Waals surface area contributed by atoms with Crippen LogP contribution < -0.4 is 21.5 Å². The predicted octanol–water partition coefficient (Wildman–Crippen LogP) is 3.17. The fraction of sp³-hybridized carbons (Fsp3) is 0.296. The van der Waals surface area contributed by atoms with Crippen LogP contribution in [0.5, 0.6) is 5.75 Å². The standard InChI is InChI=1S/C26H26ClFN8O3.CH5N/c1-3-4-20(14-5-16(28)8-17(6-14)39-2)33-23(37)13-36-12-21-18(25(36)38)7-15(10-31-21)24-19(27)11-32-26(35-24)34-22(30)9-29;1-2/h5-11,20,29H,3-4,12-13H2,1-2H3,(H,33,37)(H2,30,32,34,35);2H2,1H3. The Labute approximate surface area is 241 Å². The molecule has 0 radical (unpaired) electrons. The number of carbonyl (C=O) groups excluding carboxylic acids is 2. The molecule has 0 fully saturated rings. The van der Waals surface area contributed by atoms with Crippen LogP contribution in [0.2, 0.25) is 5.02 Å². The average molecular weight is 584 g/mol. The first kappa shape index (κ1) is 31.0. The third-order valence-electron chi connectivity index (χ3n) is 5.99. The lowest BCUT2D eigenvalue weighted by Gasteiger charge is -2.22. The molecule has 2 aromatic heterocycles. The molecule has 1 unspecified atom stereocenters. The second kappa shape index (κ2) is 14.2. The molecule has 1 aliphatic heterocycles. The second-order valence-electron chi connectivity index (χ2n) is 8.76. The maximum absolute atomic E-state index is 14.1. The first-order valence-corrected chi connectivity index (χ1v) is 13.0. The van der Waals surface area contributed by atoms with E-state index in [9.17, 15) is 14.0 Å². The summed E-state index contributed by atoms with van der Waals surface area (Å²) >= 11 is 6.28. The van der Waals surface area contributed by atoms with Gasteiger partial charge in [-0.05, 0) is 37.2 Å². The van der Waals surface area contributed by atoms with Crippen molar-refractivity contribution in [2.24, 2.45) is 16.5 Å². The number of amidine groups is 1. The Morgan fingerprint density at radius 1 is 1.29 bits per heavy atom. The van der Waals surface area contributed by atoms with Crippen molar-refractivity contribution >= 4 is 41.4 Å². The normalized spacial score (nSPS) is 13.2. The number of aromatic nitrogens is 3. The molecule has 216 valence electrons. The number of pyridine rings is 1. The number of methoxy groups -OCH3 is 1. The lowest BCUT2D eigenvalue weighted by molar-refractivity contribution is -0.122. The number of fused-ring (bicyclic) bond motifs is 1. The van der Waals surface area contributed by atoms with E-state index in [1.165, 1.54) is 43.6 Å². The van der Waals surface area contributed by atoms with Crippen molar-refractivity contribution in [2.45, 2.75) is 32.4 Å². The van der Waals surface area contributed by atoms with Crippen LogP contribution in [0.15, 0.2) is 41.7 Å².